The summed E-state index contributed by atoms with van der Waals surface area (Å²) in [5.74, 6) is 0.130. The third-order valence-electron chi connectivity index (χ3n) is 1.92. The monoisotopic (exact) mass is 192 g/mol. The summed E-state index contributed by atoms with van der Waals surface area (Å²) in [6.07, 6.45) is 0.580. The molecule has 12 heavy (non-hydrogen) atoms. The zero-order chi connectivity index (χ0) is 9.78. The number of carbonyl (C=O) groups excluding carboxylic acids is 1. The quantitative estimate of drug-likeness (QED) is 0.657. The van der Waals surface area contributed by atoms with Crippen molar-refractivity contribution in [2.45, 2.75) is 38.9 Å². The Hall–Kier alpha value is -0.380. The zero-order valence-electron chi connectivity index (χ0n) is 7.83. The van der Waals surface area contributed by atoms with Crippen LogP contribution in [0.3, 0.4) is 0 Å². The molecule has 0 fully saturated rings. The molecule has 0 aliphatic heterocycles. The largest absolute Gasteiger partial charge is 0.300 e. The molecule has 0 aliphatic rings. The van der Waals surface area contributed by atoms with Crippen LogP contribution < -0.4 is 0 Å². The van der Waals surface area contributed by atoms with Crippen LogP contribution in [0.5, 0.6) is 0 Å². The van der Waals surface area contributed by atoms with E-state index in [4.69, 9.17) is 0 Å². The van der Waals surface area contributed by atoms with Gasteiger partial charge in [-0.1, -0.05) is 13.8 Å². The molecule has 0 bridgehead atoms. The van der Waals surface area contributed by atoms with Crippen LogP contribution in [0.4, 0.5) is 0 Å². The Morgan fingerprint density at radius 2 is 1.83 bits per heavy atom. The molecule has 0 aromatic heterocycles. The Morgan fingerprint density at radius 3 is 2.17 bits per heavy atom. The molecule has 3 nitrogen and oxygen atoms in total. The van der Waals surface area contributed by atoms with Crippen molar-refractivity contribution in [3.63, 3.8) is 0 Å². The van der Waals surface area contributed by atoms with Crippen LogP contribution in [0.25, 0.3) is 0 Å². The summed E-state index contributed by atoms with van der Waals surface area (Å²) in [4.78, 5) is 10.9. The predicted octanol–water partition coefficient (Wildman–Crippen LogP) is 1.18. The fourth-order valence-corrected chi connectivity index (χ4v) is 1.89. The van der Waals surface area contributed by atoms with Crippen molar-refractivity contribution in [3.05, 3.63) is 0 Å². The predicted molar refractivity (Wildman–Crippen MR) is 48.8 cm³/mol. The van der Waals surface area contributed by atoms with E-state index in [0.717, 1.165) is 0 Å². The van der Waals surface area contributed by atoms with E-state index in [2.05, 4.69) is 0 Å². The molecule has 0 radical (unpaired) electrons. The first-order valence-corrected chi connectivity index (χ1v) is 5.88. The van der Waals surface area contributed by atoms with E-state index in [1.807, 2.05) is 0 Å². The fraction of sp³-hybridized carbons (Fsp3) is 0.875. The molecule has 0 spiro atoms. The van der Waals surface area contributed by atoms with Crippen LogP contribution in [-0.4, -0.2) is 25.2 Å². The van der Waals surface area contributed by atoms with Crippen LogP contribution in [0.15, 0.2) is 0 Å². The smallest absolute Gasteiger partial charge is 0.153 e. The van der Waals surface area contributed by atoms with Crippen molar-refractivity contribution in [3.8, 4) is 0 Å². The van der Waals surface area contributed by atoms with E-state index in [1.165, 1.54) is 0 Å². The van der Waals surface area contributed by atoms with Crippen LogP contribution in [0, 0.1) is 0 Å². The van der Waals surface area contributed by atoms with Crippen molar-refractivity contribution in [2.75, 3.05) is 5.75 Å². The number of sulfone groups is 1. The van der Waals surface area contributed by atoms with E-state index < -0.39 is 15.1 Å². The van der Waals surface area contributed by atoms with Gasteiger partial charge in [-0.15, -0.1) is 0 Å². The summed E-state index contributed by atoms with van der Waals surface area (Å²) in [5, 5.41) is -0.519. The van der Waals surface area contributed by atoms with Crippen molar-refractivity contribution in [2.24, 2.45) is 0 Å². The van der Waals surface area contributed by atoms with Gasteiger partial charge >= 0.3 is 0 Å². The second-order valence-corrected chi connectivity index (χ2v) is 5.57. The first kappa shape index (κ1) is 11.6. The highest BCUT2D eigenvalue weighted by Crippen LogP contribution is 2.07. The topological polar surface area (TPSA) is 51.2 Å². The number of Topliss-reactive ketones (excluding diaryl/α,β-unsaturated/α-hetero) is 1. The van der Waals surface area contributed by atoms with Gasteiger partial charge in [0.25, 0.3) is 0 Å². The molecule has 1 unspecified atom stereocenters. The Morgan fingerprint density at radius 1 is 1.33 bits per heavy atom. The molecular weight excluding hydrogens is 176 g/mol. The second kappa shape index (κ2) is 4.60. The molecule has 0 aromatic carbocycles. The third kappa shape index (κ3) is 3.34. The number of hydrogen-bond donors (Lipinski definition) is 0. The van der Waals surface area contributed by atoms with Gasteiger partial charge in [0, 0.05) is 18.6 Å². The summed E-state index contributed by atoms with van der Waals surface area (Å²) in [6.45, 7) is 4.93. The molecule has 4 heteroatoms. The van der Waals surface area contributed by atoms with Crippen molar-refractivity contribution >= 4 is 15.6 Å². The second-order valence-electron chi connectivity index (χ2n) is 2.86. The summed E-state index contributed by atoms with van der Waals surface area (Å²) < 4.78 is 22.4. The van der Waals surface area contributed by atoms with E-state index in [9.17, 15) is 13.2 Å². The van der Waals surface area contributed by atoms with Crippen LogP contribution in [0.1, 0.15) is 33.6 Å². The fourth-order valence-electron chi connectivity index (χ4n) is 0.876. The molecule has 0 amide bonds. The maximum absolute atomic E-state index is 11.2. The SMILES string of the molecule is CCC(=O)CC(C)S(=O)(=O)CC. The Bertz CT molecular complexity index is 241. The van der Waals surface area contributed by atoms with Gasteiger partial charge in [0.2, 0.25) is 0 Å². The van der Waals surface area contributed by atoms with Gasteiger partial charge in [-0.2, -0.15) is 0 Å². The van der Waals surface area contributed by atoms with Gasteiger partial charge in [0.15, 0.2) is 9.84 Å². The van der Waals surface area contributed by atoms with Gasteiger partial charge in [0.05, 0.1) is 5.25 Å². The average Bonchev–Trinajstić information content (AvgIpc) is 2.04. The molecule has 0 heterocycles. The summed E-state index contributed by atoms with van der Waals surface area (Å²) >= 11 is 0. The standard InChI is InChI=1S/C8H16O3S/c1-4-8(9)6-7(3)12(10,11)5-2/h7H,4-6H2,1-3H3. The van der Waals surface area contributed by atoms with Crippen molar-refractivity contribution < 1.29 is 13.2 Å². The molecule has 0 aromatic rings. The number of hydrogen-bond acceptors (Lipinski definition) is 3. The Kier molecular flexibility index (Phi) is 4.45. The van der Waals surface area contributed by atoms with Crippen LogP contribution in [0.2, 0.25) is 0 Å². The molecule has 0 saturated heterocycles. The van der Waals surface area contributed by atoms with E-state index in [0.29, 0.717) is 6.42 Å². The highest BCUT2D eigenvalue weighted by Gasteiger charge is 2.20. The maximum atomic E-state index is 11.2. The summed E-state index contributed by atoms with van der Waals surface area (Å²) in [6, 6.07) is 0. The first-order chi connectivity index (χ1) is 5.44. The summed E-state index contributed by atoms with van der Waals surface area (Å²) in [5.41, 5.74) is 0. The molecule has 0 saturated carbocycles. The average molecular weight is 192 g/mol. The molecule has 72 valence electrons. The molecule has 0 rings (SSSR count). The van der Waals surface area contributed by atoms with Crippen molar-refractivity contribution in [1.82, 2.24) is 0 Å². The van der Waals surface area contributed by atoms with Crippen LogP contribution in [-0.2, 0) is 14.6 Å². The lowest BCUT2D eigenvalue weighted by atomic mass is 10.2. The Balaban J connectivity index is 4.23. The molecular formula is C8H16O3S. The van der Waals surface area contributed by atoms with Crippen molar-refractivity contribution in [1.29, 1.82) is 0 Å². The molecule has 1 atom stereocenters. The lowest BCUT2D eigenvalue weighted by Crippen LogP contribution is -2.22. The number of ketones is 1. The Labute approximate surface area is 74.1 Å². The van der Waals surface area contributed by atoms with Gasteiger partial charge in [-0.05, 0) is 6.92 Å². The van der Waals surface area contributed by atoms with Gasteiger partial charge in [-0.3, -0.25) is 4.79 Å². The molecule has 0 N–H and O–H groups in total. The van der Waals surface area contributed by atoms with Crippen LogP contribution >= 0.6 is 0 Å². The minimum absolute atomic E-state index is 0.0134. The normalized spacial score (nSPS) is 14.2. The number of rotatable bonds is 5. The zero-order valence-corrected chi connectivity index (χ0v) is 8.65. The highest BCUT2D eigenvalue weighted by molar-refractivity contribution is 7.92. The lowest BCUT2D eigenvalue weighted by molar-refractivity contribution is -0.118. The molecule has 0 aliphatic carbocycles. The van der Waals surface area contributed by atoms with E-state index in [1.54, 1.807) is 20.8 Å². The third-order valence-corrected chi connectivity index (χ3v) is 4.12. The van der Waals surface area contributed by atoms with E-state index in [-0.39, 0.29) is 18.0 Å². The van der Waals surface area contributed by atoms with E-state index >= 15 is 0 Å². The summed E-state index contributed by atoms with van der Waals surface area (Å²) in [7, 11) is -3.02. The maximum Gasteiger partial charge on any atom is 0.153 e. The van der Waals surface area contributed by atoms with Gasteiger partial charge < -0.3 is 0 Å². The van der Waals surface area contributed by atoms with Gasteiger partial charge in [0.1, 0.15) is 5.78 Å². The minimum atomic E-state index is -3.02. The number of carbonyl (C=O) groups is 1. The lowest BCUT2D eigenvalue weighted by Gasteiger charge is -2.08. The first-order valence-electron chi connectivity index (χ1n) is 4.17. The minimum Gasteiger partial charge on any atom is -0.300 e. The highest BCUT2D eigenvalue weighted by atomic mass is 32.2. The van der Waals surface area contributed by atoms with Gasteiger partial charge in [-0.25, -0.2) is 8.42 Å².